The summed E-state index contributed by atoms with van der Waals surface area (Å²) in [5, 5.41) is 8.57. The van der Waals surface area contributed by atoms with Crippen LogP contribution in [0.5, 0.6) is 11.5 Å². The molecule has 0 spiro atoms. The molecule has 0 heterocycles. The SMILES string of the molecule is CC1(CCCOCC(=O)O)CC(c2cccc(Oc3ccccc3)c2)C1. The van der Waals surface area contributed by atoms with Crippen LogP contribution in [-0.2, 0) is 9.53 Å². The van der Waals surface area contributed by atoms with E-state index in [1.807, 2.05) is 36.4 Å². The van der Waals surface area contributed by atoms with E-state index < -0.39 is 5.97 Å². The highest BCUT2D eigenvalue weighted by molar-refractivity contribution is 5.67. The van der Waals surface area contributed by atoms with Gasteiger partial charge in [-0.3, -0.25) is 0 Å². The maximum Gasteiger partial charge on any atom is 0.329 e. The van der Waals surface area contributed by atoms with Crippen molar-refractivity contribution < 1.29 is 19.4 Å². The van der Waals surface area contributed by atoms with Crippen molar-refractivity contribution in [2.24, 2.45) is 5.41 Å². The second-order valence-corrected chi connectivity index (χ2v) is 7.45. The first-order valence-corrected chi connectivity index (χ1v) is 9.16. The molecule has 3 rings (SSSR count). The molecule has 0 radical (unpaired) electrons. The maximum absolute atomic E-state index is 10.4. The highest BCUT2D eigenvalue weighted by atomic mass is 16.5. The molecule has 0 aromatic heterocycles. The van der Waals surface area contributed by atoms with Crippen molar-refractivity contribution in [1.29, 1.82) is 0 Å². The molecule has 0 bridgehead atoms. The van der Waals surface area contributed by atoms with Crippen LogP contribution < -0.4 is 4.74 Å². The number of carboxylic acids is 1. The molecule has 2 aromatic carbocycles. The highest BCUT2D eigenvalue weighted by Crippen LogP contribution is 2.53. The van der Waals surface area contributed by atoms with Crippen molar-refractivity contribution in [2.75, 3.05) is 13.2 Å². The quantitative estimate of drug-likeness (QED) is 0.625. The molecule has 2 aromatic rings. The van der Waals surface area contributed by atoms with Gasteiger partial charge in [-0.1, -0.05) is 37.3 Å². The molecule has 1 aliphatic rings. The topological polar surface area (TPSA) is 55.8 Å². The third kappa shape index (κ3) is 5.09. The predicted octanol–water partition coefficient (Wildman–Crippen LogP) is 5.24. The van der Waals surface area contributed by atoms with Gasteiger partial charge in [0.2, 0.25) is 0 Å². The maximum atomic E-state index is 10.4. The highest BCUT2D eigenvalue weighted by Gasteiger charge is 2.40. The Hall–Kier alpha value is -2.33. The third-order valence-electron chi connectivity index (χ3n) is 5.08. The zero-order valence-electron chi connectivity index (χ0n) is 15.2. The predicted molar refractivity (Wildman–Crippen MR) is 101 cm³/mol. The van der Waals surface area contributed by atoms with Gasteiger partial charge in [0.1, 0.15) is 18.1 Å². The molecule has 26 heavy (non-hydrogen) atoms. The number of benzene rings is 2. The van der Waals surface area contributed by atoms with Gasteiger partial charge in [0.25, 0.3) is 0 Å². The van der Waals surface area contributed by atoms with Crippen molar-refractivity contribution in [3.05, 3.63) is 60.2 Å². The molecule has 1 saturated carbocycles. The Bertz CT molecular complexity index is 720. The Balaban J connectivity index is 1.47. The Morgan fingerprint density at radius 2 is 1.85 bits per heavy atom. The van der Waals surface area contributed by atoms with Gasteiger partial charge in [-0.15, -0.1) is 0 Å². The summed E-state index contributed by atoms with van der Waals surface area (Å²) >= 11 is 0. The number of para-hydroxylation sites is 1. The van der Waals surface area contributed by atoms with Gasteiger partial charge in [0.05, 0.1) is 0 Å². The molecule has 0 saturated heterocycles. The molecule has 138 valence electrons. The lowest BCUT2D eigenvalue weighted by Crippen LogP contribution is -2.33. The lowest BCUT2D eigenvalue weighted by Gasteiger charge is -2.46. The van der Waals surface area contributed by atoms with E-state index in [0.717, 1.165) is 37.2 Å². The van der Waals surface area contributed by atoms with Gasteiger partial charge in [-0.05, 0) is 66.8 Å². The number of hydrogen-bond acceptors (Lipinski definition) is 3. The summed E-state index contributed by atoms with van der Waals surface area (Å²) in [7, 11) is 0. The first kappa shape index (κ1) is 18.5. The van der Waals surface area contributed by atoms with Gasteiger partial charge in [-0.25, -0.2) is 4.79 Å². The van der Waals surface area contributed by atoms with Crippen molar-refractivity contribution >= 4 is 5.97 Å². The second-order valence-electron chi connectivity index (χ2n) is 7.45. The van der Waals surface area contributed by atoms with Crippen molar-refractivity contribution in [3.63, 3.8) is 0 Å². The molecular weight excluding hydrogens is 328 g/mol. The molecule has 0 atom stereocenters. The van der Waals surface area contributed by atoms with Gasteiger partial charge >= 0.3 is 5.97 Å². The fourth-order valence-corrected chi connectivity index (χ4v) is 3.79. The zero-order chi connectivity index (χ0) is 18.4. The lowest BCUT2D eigenvalue weighted by molar-refractivity contribution is -0.142. The minimum atomic E-state index is -0.905. The third-order valence-corrected chi connectivity index (χ3v) is 5.08. The molecule has 1 fully saturated rings. The van der Waals surface area contributed by atoms with E-state index in [9.17, 15) is 4.79 Å². The van der Waals surface area contributed by atoms with Crippen LogP contribution in [0.2, 0.25) is 0 Å². The smallest absolute Gasteiger partial charge is 0.329 e. The molecule has 4 nitrogen and oxygen atoms in total. The monoisotopic (exact) mass is 354 g/mol. The number of hydrogen-bond donors (Lipinski definition) is 1. The van der Waals surface area contributed by atoms with Crippen molar-refractivity contribution in [3.8, 4) is 11.5 Å². The largest absolute Gasteiger partial charge is 0.480 e. The van der Waals surface area contributed by atoms with Crippen molar-refractivity contribution in [1.82, 2.24) is 0 Å². The number of ether oxygens (including phenoxy) is 2. The summed E-state index contributed by atoms with van der Waals surface area (Å²) in [6.07, 6.45) is 4.29. The molecule has 0 aliphatic heterocycles. The summed E-state index contributed by atoms with van der Waals surface area (Å²) in [4.78, 5) is 10.4. The number of carbonyl (C=O) groups is 1. The summed E-state index contributed by atoms with van der Waals surface area (Å²) in [5.74, 6) is 1.39. The van der Waals surface area contributed by atoms with E-state index in [4.69, 9.17) is 14.6 Å². The fourth-order valence-electron chi connectivity index (χ4n) is 3.79. The molecule has 0 unspecified atom stereocenters. The standard InChI is InChI=1S/C22H26O4/c1-22(11-6-12-25-16-21(23)24)14-18(15-22)17-7-5-10-20(13-17)26-19-8-3-2-4-9-19/h2-5,7-10,13,18H,6,11-12,14-16H2,1H3,(H,23,24). The molecule has 4 heteroatoms. The summed E-state index contributed by atoms with van der Waals surface area (Å²) in [6.45, 7) is 2.63. The first-order valence-electron chi connectivity index (χ1n) is 9.16. The summed E-state index contributed by atoms with van der Waals surface area (Å²) in [5.41, 5.74) is 1.66. The minimum absolute atomic E-state index is 0.201. The Morgan fingerprint density at radius 1 is 1.12 bits per heavy atom. The van der Waals surface area contributed by atoms with Crippen LogP contribution in [0.25, 0.3) is 0 Å². The van der Waals surface area contributed by atoms with Gasteiger partial charge in [-0.2, -0.15) is 0 Å². The van der Waals surface area contributed by atoms with Gasteiger partial charge in [0.15, 0.2) is 0 Å². The average Bonchev–Trinajstić information content (AvgIpc) is 2.60. The summed E-state index contributed by atoms with van der Waals surface area (Å²) < 4.78 is 11.1. The van der Waals surface area contributed by atoms with Crippen LogP contribution in [0, 0.1) is 5.41 Å². The zero-order valence-corrected chi connectivity index (χ0v) is 15.2. The van der Waals surface area contributed by atoms with Gasteiger partial charge in [0, 0.05) is 6.61 Å². The van der Waals surface area contributed by atoms with E-state index >= 15 is 0 Å². The van der Waals surface area contributed by atoms with E-state index in [1.54, 1.807) is 0 Å². The van der Waals surface area contributed by atoms with Crippen molar-refractivity contribution in [2.45, 2.75) is 38.5 Å². The minimum Gasteiger partial charge on any atom is -0.480 e. The fraction of sp³-hybridized carbons (Fsp3) is 0.409. The number of rotatable bonds is 9. The lowest BCUT2D eigenvalue weighted by atomic mass is 9.59. The normalized spacial score (nSPS) is 21.8. The van der Waals surface area contributed by atoms with Crippen LogP contribution in [0.4, 0.5) is 0 Å². The second kappa shape index (κ2) is 8.37. The molecule has 0 amide bonds. The average molecular weight is 354 g/mol. The molecule has 1 aliphatic carbocycles. The Morgan fingerprint density at radius 3 is 2.58 bits per heavy atom. The van der Waals surface area contributed by atoms with E-state index in [0.29, 0.717) is 17.9 Å². The molecular formula is C22H26O4. The van der Waals surface area contributed by atoms with Crippen LogP contribution in [0.1, 0.15) is 44.1 Å². The van der Waals surface area contributed by atoms with Crippen LogP contribution in [0.15, 0.2) is 54.6 Å². The number of carboxylic acid groups (broad SMARTS) is 1. The number of aliphatic carboxylic acids is 1. The Labute approximate surface area is 154 Å². The van der Waals surface area contributed by atoms with Crippen LogP contribution in [-0.4, -0.2) is 24.3 Å². The van der Waals surface area contributed by atoms with E-state index in [1.165, 1.54) is 5.56 Å². The summed E-state index contributed by atoms with van der Waals surface area (Å²) in [6, 6.07) is 18.2. The Kier molecular flexibility index (Phi) is 5.94. The van der Waals surface area contributed by atoms with Crippen LogP contribution in [0.3, 0.4) is 0 Å². The van der Waals surface area contributed by atoms with E-state index in [-0.39, 0.29) is 6.61 Å². The van der Waals surface area contributed by atoms with Gasteiger partial charge < -0.3 is 14.6 Å². The molecule has 1 N–H and O–H groups in total. The first-order chi connectivity index (χ1) is 12.5. The van der Waals surface area contributed by atoms with E-state index in [2.05, 4.69) is 25.1 Å². The van der Waals surface area contributed by atoms with Crippen LogP contribution >= 0.6 is 0 Å².